The first kappa shape index (κ1) is 13.3. The predicted octanol–water partition coefficient (Wildman–Crippen LogP) is 1.02. The van der Waals surface area contributed by atoms with Gasteiger partial charge in [0, 0.05) is 43.6 Å². The summed E-state index contributed by atoms with van der Waals surface area (Å²) >= 11 is 0. The normalized spacial score (nSPS) is 15.2. The standard InChI is InChI=1S/C14H21N5O/c1-11(2)19-14-10-17(6-7-20)8-12(14)13(16-19)9-18-5-3-4-15-18/h3-5,11,20H,6-10H2,1-2H3. The van der Waals surface area contributed by atoms with Crippen molar-refractivity contribution >= 4 is 0 Å². The van der Waals surface area contributed by atoms with Crippen LogP contribution in [-0.4, -0.2) is 42.7 Å². The monoisotopic (exact) mass is 275 g/mol. The van der Waals surface area contributed by atoms with Crippen molar-refractivity contribution in [2.24, 2.45) is 0 Å². The maximum absolute atomic E-state index is 9.12. The van der Waals surface area contributed by atoms with Gasteiger partial charge in [0.25, 0.3) is 0 Å². The van der Waals surface area contributed by atoms with Gasteiger partial charge in [0.2, 0.25) is 0 Å². The summed E-state index contributed by atoms with van der Waals surface area (Å²) in [5.41, 5.74) is 3.69. The minimum absolute atomic E-state index is 0.202. The Bertz CT molecular complexity index is 573. The number of hydrogen-bond donors (Lipinski definition) is 1. The molecular formula is C14H21N5O. The fraction of sp³-hybridized carbons (Fsp3) is 0.571. The van der Waals surface area contributed by atoms with Crippen LogP contribution in [0.5, 0.6) is 0 Å². The highest BCUT2D eigenvalue weighted by Crippen LogP contribution is 2.28. The van der Waals surface area contributed by atoms with Gasteiger partial charge < -0.3 is 5.11 Å². The van der Waals surface area contributed by atoms with Crippen LogP contribution in [0.25, 0.3) is 0 Å². The van der Waals surface area contributed by atoms with Crippen LogP contribution in [0.2, 0.25) is 0 Å². The molecule has 3 heterocycles. The molecule has 3 rings (SSSR count). The van der Waals surface area contributed by atoms with E-state index >= 15 is 0 Å². The molecule has 0 aromatic carbocycles. The number of aliphatic hydroxyl groups excluding tert-OH is 1. The lowest BCUT2D eigenvalue weighted by Crippen LogP contribution is -2.22. The van der Waals surface area contributed by atoms with Crippen LogP contribution in [0.3, 0.4) is 0 Å². The van der Waals surface area contributed by atoms with E-state index in [2.05, 4.69) is 28.5 Å². The van der Waals surface area contributed by atoms with Crippen molar-refractivity contribution in [2.75, 3.05) is 13.2 Å². The summed E-state index contributed by atoms with van der Waals surface area (Å²) in [4.78, 5) is 2.26. The molecule has 0 aliphatic carbocycles. The molecule has 2 aromatic heterocycles. The van der Waals surface area contributed by atoms with E-state index in [9.17, 15) is 0 Å². The second-order valence-electron chi connectivity index (χ2n) is 5.55. The van der Waals surface area contributed by atoms with E-state index in [1.165, 1.54) is 11.3 Å². The Kier molecular flexibility index (Phi) is 3.58. The molecule has 1 aliphatic rings. The average Bonchev–Trinajstić information content (AvgIpc) is 3.08. The van der Waals surface area contributed by atoms with Gasteiger partial charge in [-0.2, -0.15) is 10.2 Å². The molecule has 0 fully saturated rings. The summed E-state index contributed by atoms with van der Waals surface area (Å²) in [6.07, 6.45) is 3.75. The summed E-state index contributed by atoms with van der Waals surface area (Å²) in [6, 6.07) is 2.28. The second-order valence-corrected chi connectivity index (χ2v) is 5.55. The molecule has 1 N–H and O–H groups in total. The summed E-state index contributed by atoms with van der Waals surface area (Å²) in [5.74, 6) is 0. The smallest absolute Gasteiger partial charge is 0.0888 e. The van der Waals surface area contributed by atoms with Crippen LogP contribution >= 0.6 is 0 Å². The Morgan fingerprint density at radius 1 is 1.35 bits per heavy atom. The quantitative estimate of drug-likeness (QED) is 0.885. The van der Waals surface area contributed by atoms with Crippen molar-refractivity contribution in [1.82, 2.24) is 24.5 Å². The van der Waals surface area contributed by atoms with E-state index < -0.39 is 0 Å². The van der Waals surface area contributed by atoms with E-state index in [4.69, 9.17) is 10.2 Å². The molecule has 0 atom stereocenters. The van der Waals surface area contributed by atoms with Gasteiger partial charge in [-0.25, -0.2) is 0 Å². The number of aromatic nitrogens is 4. The van der Waals surface area contributed by atoms with E-state index in [1.807, 2.05) is 16.9 Å². The maximum Gasteiger partial charge on any atom is 0.0888 e. The van der Waals surface area contributed by atoms with Gasteiger partial charge in [-0.3, -0.25) is 14.3 Å². The van der Waals surface area contributed by atoms with Gasteiger partial charge in [0.1, 0.15) is 0 Å². The molecule has 1 aliphatic heterocycles. The SMILES string of the molecule is CC(C)n1nc(Cn2cccn2)c2c1CN(CCO)C2. The first-order valence-electron chi connectivity index (χ1n) is 7.08. The fourth-order valence-corrected chi connectivity index (χ4v) is 2.80. The van der Waals surface area contributed by atoms with Crippen molar-refractivity contribution in [1.29, 1.82) is 0 Å². The molecule has 0 spiro atoms. The highest BCUT2D eigenvalue weighted by atomic mass is 16.3. The minimum Gasteiger partial charge on any atom is -0.395 e. The van der Waals surface area contributed by atoms with Crippen LogP contribution < -0.4 is 0 Å². The lowest BCUT2D eigenvalue weighted by atomic mass is 10.2. The third-order valence-corrected chi connectivity index (χ3v) is 3.73. The molecule has 0 saturated heterocycles. The first-order valence-corrected chi connectivity index (χ1v) is 7.08. The van der Waals surface area contributed by atoms with Gasteiger partial charge in [-0.05, 0) is 19.9 Å². The zero-order valence-electron chi connectivity index (χ0n) is 12.0. The molecule has 20 heavy (non-hydrogen) atoms. The lowest BCUT2D eigenvalue weighted by molar-refractivity contribution is 0.194. The Morgan fingerprint density at radius 2 is 2.20 bits per heavy atom. The highest BCUT2D eigenvalue weighted by Gasteiger charge is 2.28. The van der Waals surface area contributed by atoms with E-state index in [0.717, 1.165) is 18.8 Å². The summed E-state index contributed by atoms with van der Waals surface area (Å²) in [7, 11) is 0. The molecule has 0 amide bonds. The van der Waals surface area contributed by atoms with Gasteiger partial charge in [0.05, 0.1) is 24.5 Å². The zero-order valence-corrected chi connectivity index (χ0v) is 12.0. The van der Waals surface area contributed by atoms with Crippen LogP contribution in [-0.2, 0) is 19.6 Å². The maximum atomic E-state index is 9.12. The fourth-order valence-electron chi connectivity index (χ4n) is 2.80. The van der Waals surface area contributed by atoms with E-state index in [-0.39, 0.29) is 6.61 Å². The van der Waals surface area contributed by atoms with Crippen molar-refractivity contribution in [3.63, 3.8) is 0 Å². The van der Waals surface area contributed by atoms with Crippen LogP contribution in [0, 0.1) is 0 Å². The molecule has 0 saturated carbocycles. The molecule has 0 unspecified atom stereocenters. The largest absolute Gasteiger partial charge is 0.395 e. The van der Waals surface area contributed by atoms with Gasteiger partial charge >= 0.3 is 0 Å². The Morgan fingerprint density at radius 3 is 2.85 bits per heavy atom. The zero-order chi connectivity index (χ0) is 14.1. The van der Waals surface area contributed by atoms with Crippen molar-refractivity contribution in [3.8, 4) is 0 Å². The van der Waals surface area contributed by atoms with Crippen molar-refractivity contribution in [2.45, 2.75) is 39.5 Å². The molecular weight excluding hydrogens is 254 g/mol. The second kappa shape index (κ2) is 5.38. The van der Waals surface area contributed by atoms with E-state index in [1.54, 1.807) is 6.20 Å². The third kappa shape index (κ3) is 2.36. The Hall–Kier alpha value is -1.66. The van der Waals surface area contributed by atoms with Crippen molar-refractivity contribution < 1.29 is 5.11 Å². The molecule has 2 aromatic rings. The third-order valence-electron chi connectivity index (χ3n) is 3.73. The molecule has 108 valence electrons. The minimum atomic E-state index is 0.202. The number of rotatable bonds is 5. The highest BCUT2D eigenvalue weighted by molar-refractivity contribution is 5.30. The van der Waals surface area contributed by atoms with Gasteiger partial charge in [0.15, 0.2) is 0 Å². The number of hydrogen-bond acceptors (Lipinski definition) is 4. The Labute approximate surface area is 118 Å². The molecule has 0 radical (unpaired) electrons. The Balaban J connectivity index is 1.90. The molecule has 6 nitrogen and oxygen atoms in total. The number of nitrogens with zero attached hydrogens (tertiary/aromatic N) is 5. The summed E-state index contributed by atoms with van der Waals surface area (Å²) in [6.45, 7) is 7.68. The number of fused-ring (bicyclic) bond motifs is 1. The summed E-state index contributed by atoms with van der Waals surface area (Å²) in [5, 5.41) is 18.1. The van der Waals surface area contributed by atoms with Gasteiger partial charge in [-0.15, -0.1) is 0 Å². The molecule has 0 bridgehead atoms. The van der Waals surface area contributed by atoms with Crippen LogP contribution in [0.15, 0.2) is 18.5 Å². The van der Waals surface area contributed by atoms with E-state index in [0.29, 0.717) is 19.1 Å². The van der Waals surface area contributed by atoms with Crippen LogP contribution in [0.1, 0.15) is 36.8 Å². The predicted molar refractivity (Wildman–Crippen MR) is 75.1 cm³/mol. The number of aliphatic hydroxyl groups is 1. The average molecular weight is 275 g/mol. The first-order chi connectivity index (χ1) is 9.69. The van der Waals surface area contributed by atoms with Gasteiger partial charge in [-0.1, -0.05) is 0 Å². The number of β-amino-alcohol motifs (C(OH)–C–C–N with tert-alkyl or cyclic N) is 1. The van der Waals surface area contributed by atoms with Crippen LogP contribution in [0.4, 0.5) is 0 Å². The molecule has 6 heteroatoms. The lowest BCUT2D eigenvalue weighted by Gasteiger charge is -2.15. The van der Waals surface area contributed by atoms with Crippen molar-refractivity contribution in [3.05, 3.63) is 35.4 Å². The summed E-state index contributed by atoms with van der Waals surface area (Å²) < 4.78 is 4.02. The topological polar surface area (TPSA) is 59.1 Å².